The molecule has 3 aromatic rings. The second-order valence-electron chi connectivity index (χ2n) is 9.41. The topological polar surface area (TPSA) is 116 Å². The number of esters is 1. The summed E-state index contributed by atoms with van der Waals surface area (Å²) >= 11 is 0. The molecule has 2 bridgehead atoms. The normalized spacial score (nSPS) is 21.0. The number of nitrogens with two attached hydrogens (primary N) is 1. The highest BCUT2D eigenvalue weighted by atomic mass is 16.5. The molecule has 1 heterocycles. The smallest absolute Gasteiger partial charge is 0.355 e. The zero-order valence-electron chi connectivity index (χ0n) is 19.2. The lowest BCUT2D eigenvalue weighted by atomic mass is 9.98. The summed E-state index contributed by atoms with van der Waals surface area (Å²) in [6.45, 7) is 1.78. The Labute approximate surface area is 197 Å². The SMILES string of the molecule is Cc1nn(-c2ccc(C(=N)N)cc2)c(=O)n1-c1ccc(CCC(=O)OC2CC3CCC2C3)cc1. The predicted octanol–water partition coefficient (Wildman–Crippen LogP) is 3.28. The van der Waals surface area contributed by atoms with E-state index in [1.54, 1.807) is 35.8 Å². The Morgan fingerprint density at radius 2 is 1.79 bits per heavy atom. The highest BCUT2D eigenvalue weighted by Gasteiger charge is 2.41. The number of aryl methyl sites for hydroxylation is 2. The van der Waals surface area contributed by atoms with E-state index in [0.717, 1.165) is 17.9 Å². The Balaban J connectivity index is 1.25. The van der Waals surface area contributed by atoms with Gasteiger partial charge in [-0.2, -0.15) is 4.68 Å². The van der Waals surface area contributed by atoms with E-state index in [0.29, 0.717) is 41.5 Å². The van der Waals surface area contributed by atoms with Crippen LogP contribution in [-0.2, 0) is 16.0 Å². The van der Waals surface area contributed by atoms with Crippen molar-refractivity contribution in [3.63, 3.8) is 0 Å². The largest absolute Gasteiger partial charge is 0.462 e. The predicted molar refractivity (Wildman–Crippen MR) is 129 cm³/mol. The summed E-state index contributed by atoms with van der Waals surface area (Å²) in [7, 11) is 0. The number of nitrogen functional groups attached to an aromatic ring is 1. The maximum Gasteiger partial charge on any atom is 0.355 e. The molecule has 8 nitrogen and oxygen atoms in total. The van der Waals surface area contributed by atoms with Crippen LogP contribution in [0.3, 0.4) is 0 Å². The fourth-order valence-electron chi connectivity index (χ4n) is 5.33. The van der Waals surface area contributed by atoms with E-state index in [1.807, 2.05) is 24.3 Å². The third kappa shape index (κ3) is 4.27. The van der Waals surface area contributed by atoms with E-state index in [2.05, 4.69) is 5.10 Å². The summed E-state index contributed by atoms with van der Waals surface area (Å²) in [5.41, 5.74) is 8.14. The summed E-state index contributed by atoms with van der Waals surface area (Å²) in [6.07, 6.45) is 5.84. The zero-order valence-corrected chi connectivity index (χ0v) is 19.2. The van der Waals surface area contributed by atoms with E-state index >= 15 is 0 Å². The standard InChI is InChI=1S/C26H29N5O3/c1-16-29-31(22-11-7-19(8-12-22)25(27)28)26(33)30(16)21-9-3-17(4-10-21)5-13-24(32)34-23-15-18-2-6-20(23)14-18/h3-4,7-12,18,20,23H,2,5-6,13-15H2,1H3,(H3,27,28). The lowest BCUT2D eigenvalue weighted by Crippen LogP contribution is -2.24. The molecular formula is C26H29N5O3. The maximum atomic E-state index is 13.1. The molecule has 2 fully saturated rings. The molecule has 0 aliphatic heterocycles. The van der Waals surface area contributed by atoms with Gasteiger partial charge in [0.1, 0.15) is 17.8 Å². The van der Waals surface area contributed by atoms with Gasteiger partial charge in [0.05, 0.1) is 11.4 Å². The minimum Gasteiger partial charge on any atom is -0.462 e. The molecule has 0 radical (unpaired) electrons. The van der Waals surface area contributed by atoms with Crippen molar-refractivity contribution in [2.45, 2.75) is 51.6 Å². The molecule has 1 aromatic heterocycles. The summed E-state index contributed by atoms with van der Waals surface area (Å²) in [5.74, 6) is 1.74. The summed E-state index contributed by atoms with van der Waals surface area (Å²) in [5, 5.41) is 11.9. The number of hydrogen-bond acceptors (Lipinski definition) is 5. The van der Waals surface area contributed by atoms with Gasteiger partial charge in [-0.05, 0) is 92.8 Å². The van der Waals surface area contributed by atoms with E-state index in [9.17, 15) is 9.59 Å². The second-order valence-corrected chi connectivity index (χ2v) is 9.41. The van der Waals surface area contributed by atoms with Crippen LogP contribution in [0.25, 0.3) is 11.4 Å². The quantitative estimate of drug-likeness (QED) is 0.320. The lowest BCUT2D eigenvalue weighted by molar-refractivity contribution is -0.151. The molecule has 3 N–H and O–H groups in total. The Morgan fingerprint density at radius 3 is 2.41 bits per heavy atom. The van der Waals surface area contributed by atoms with Gasteiger partial charge in [0.25, 0.3) is 0 Å². The van der Waals surface area contributed by atoms with Crippen LogP contribution >= 0.6 is 0 Å². The number of hydrogen-bond donors (Lipinski definition) is 2. The highest BCUT2D eigenvalue weighted by molar-refractivity contribution is 5.95. The van der Waals surface area contributed by atoms with Crippen molar-refractivity contribution in [2.75, 3.05) is 0 Å². The molecule has 176 valence electrons. The Morgan fingerprint density at radius 1 is 1.09 bits per heavy atom. The molecule has 2 aromatic carbocycles. The van der Waals surface area contributed by atoms with Crippen LogP contribution in [0.5, 0.6) is 0 Å². The van der Waals surface area contributed by atoms with Crippen LogP contribution in [0.15, 0.2) is 53.3 Å². The van der Waals surface area contributed by atoms with Crippen LogP contribution in [0, 0.1) is 24.2 Å². The van der Waals surface area contributed by atoms with Crippen molar-refractivity contribution in [2.24, 2.45) is 17.6 Å². The second kappa shape index (κ2) is 8.93. The average molecular weight is 460 g/mol. The number of rotatable bonds is 7. The lowest BCUT2D eigenvalue weighted by Gasteiger charge is -2.21. The van der Waals surface area contributed by atoms with Gasteiger partial charge in [0.2, 0.25) is 0 Å². The van der Waals surface area contributed by atoms with Gasteiger partial charge in [-0.25, -0.2) is 9.36 Å². The molecule has 34 heavy (non-hydrogen) atoms. The molecule has 3 unspecified atom stereocenters. The number of benzene rings is 2. The zero-order chi connectivity index (χ0) is 23.8. The third-order valence-corrected chi connectivity index (χ3v) is 7.13. The van der Waals surface area contributed by atoms with Gasteiger partial charge in [0, 0.05) is 12.0 Å². The Kier molecular flexibility index (Phi) is 5.81. The fourth-order valence-corrected chi connectivity index (χ4v) is 5.33. The van der Waals surface area contributed by atoms with E-state index in [1.165, 1.54) is 23.9 Å². The van der Waals surface area contributed by atoms with E-state index < -0.39 is 0 Å². The summed E-state index contributed by atoms with van der Waals surface area (Å²) < 4.78 is 8.62. The summed E-state index contributed by atoms with van der Waals surface area (Å²) in [4.78, 5) is 25.4. The Hall–Kier alpha value is -3.68. The monoisotopic (exact) mass is 459 g/mol. The first-order chi connectivity index (χ1) is 16.4. The van der Waals surface area contributed by atoms with Gasteiger partial charge in [-0.15, -0.1) is 5.10 Å². The van der Waals surface area contributed by atoms with Crippen molar-refractivity contribution >= 4 is 11.8 Å². The van der Waals surface area contributed by atoms with Gasteiger partial charge in [-0.1, -0.05) is 12.1 Å². The molecule has 2 saturated carbocycles. The molecule has 0 spiro atoms. The number of ether oxygens (including phenoxy) is 1. The Bertz CT molecular complexity index is 1270. The third-order valence-electron chi connectivity index (χ3n) is 7.13. The van der Waals surface area contributed by atoms with Gasteiger partial charge in [0.15, 0.2) is 0 Å². The average Bonchev–Trinajstić information content (AvgIpc) is 3.53. The summed E-state index contributed by atoms with van der Waals surface area (Å²) in [6, 6.07) is 14.4. The molecular weight excluding hydrogens is 430 g/mol. The number of nitrogens with one attached hydrogen (secondary N) is 1. The fraction of sp³-hybridized carbons (Fsp3) is 0.385. The maximum absolute atomic E-state index is 13.1. The minimum absolute atomic E-state index is 0.0282. The van der Waals surface area contributed by atoms with Crippen LogP contribution in [-0.4, -0.2) is 32.3 Å². The van der Waals surface area contributed by atoms with E-state index in [-0.39, 0.29) is 23.6 Å². The van der Waals surface area contributed by atoms with Crippen molar-refractivity contribution < 1.29 is 9.53 Å². The van der Waals surface area contributed by atoms with Crippen LogP contribution < -0.4 is 11.4 Å². The first kappa shape index (κ1) is 22.1. The highest BCUT2D eigenvalue weighted by Crippen LogP contribution is 2.45. The molecule has 3 atom stereocenters. The minimum atomic E-state index is -0.282. The molecule has 2 aliphatic carbocycles. The molecule has 5 rings (SSSR count). The van der Waals surface area contributed by atoms with Crippen LogP contribution in [0.1, 0.15) is 49.1 Å². The molecule has 0 amide bonds. The molecule has 2 aliphatic rings. The van der Waals surface area contributed by atoms with Crippen LogP contribution in [0.2, 0.25) is 0 Å². The molecule has 0 saturated heterocycles. The van der Waals surface area contributed by atoms with Gasteiger partial charge < -0.3 is 10.5 Å². The first-order valence-electron chi connectivity index (χ1n) is 11.8. The van der Waals surface area contributed by atoms with Crippen molar-refractivity contribution in [3.8, 4) is 11.4 Å². The van der Waals surface area contributed by atoms with Crippen molar-refractivity contribution in [1.29, 1.82) is 5.41 Å². The van der Waals surface area contributed by atoms with Crippen molar-refractivity contribution in [1.82, 2.24) is 14.3 Å². The van der Waals surface area contributed by atoms with Gasteiger partial charge >= 0.3 is 11.7 Å². The number of fused-ring (bicyclic) bond motifs is 2. The van der Waals surface area contributed by atoms with E-state index in [4.69, 9.17) is 15.9 Å². The number of amidine groups is 1. The van der Waals surface area contributed by atoms with Gasteiger partial charge in [-0.3, -0.25) is 10.2 Å². The first-order valence-corrected chi connectivity index (χ1v) is 11.8. The van der Waals surface area contributed by atoms with Crippen LogP contribution in [0.4, 0.5) is 0 Å². The number of nitrogens with zero attached hydrogens (tertiary/aromatic N) is 3. The molecule has 8 heteroatoms. The number of carbonyl (C=O) groups is 1. The van der Waals surface area contributed by atoms with Crippen molar-refractivity contribution in [3.05, 3.63) is 76.0 Å². The number of aromatic nitrogens is 3. The number of carbonyl (C=O) groups excluding carboxylic acids is 1.